The van der Waals surface area contributed by atoms with Crippen molar-refractivity contribution in [2.24, 2.45) is 7.05 Å². The summed E-state index contributed by atoms with van der Waals surface area (Å²) < 4.78 is 7.42. The molecule has 1 amide bonds. The first-order chi connectivity index (χ1) is 12.1. The Balaban J connectivity index is 1.59. The maximum Gasteiger partial charge on any atom is 0.233 e. The van der Waals surface area contributed by atoms with Gasteiger partial charge in [-0.05, 0) is 23.9 Å². The van der Waals surface area contributed by atoms with Crippen molar-refractivity contribution in [1.82, 2.24) is 19.4 Å². The highest BCUT2D eigenvalue weighted by Gasteiger charge is 2.36. The Bertz CT molecular complexity index is 763. The standard InChI is InChI=1S/C18H24N4O2S/c1-13-3-8-25-16(13)11-21-9-14(17-15(10-21)19-12-20(17)2)18(23)22-4-6-24-7-5-22/h3,8,12,14H,4-7,9-11H2,1-2H3/t14-/m0/s1. The quantitative estimate of drug-likeness (QED) is 0.837. The van der Waals surface area contributed by atoms with E-state index >= 15 is 0 Å². The molecule has 0 bridgehead atoms. The summed E-state index contributed by atoms with van der Waals surface area (Å²) in [5.41, 5.74) is 3.44. The zero-order valence-electron chi connectivity index (χ0n) is 14.8. The van der Waals surface area contributed by atoms with Gasteiger partial charge >= 0.3 is 0 Å². The summed E-state index contributed by atoms with van der Waals surface area (Å²) >= 11 is 1.79. The van der Waals surface area contributed by atoms with Crippen LogP contribution in [0.4, 0.5) is 0 Å². The van der Waals surface area contributed by atoms with Crippen LogP contribution in [-0.4, -0.2) is 58.1 Å². The molecular formula is C18H24N4O2S. The Morgan fingerprint density at radius 3 is 2.92 bits per heavy atom. The van der Waals surface area contributed by atoms with Crippen LogP contribution in [0.1, 0.15) is 27.7 Å². The predicted molar refractivity (Wildman–Crippen MR) is 96.5 cm³/mol. The van der Waals surface area contributed by atoms with Gasteiger partial charge in [0.2, 0.25) is 5.91 Å². The summed E-state index contributed by atoms with van der Waals surface area (Å²) in [6, 6.07) is 2.16. The predicted octanol–water partition coefficient (Wildman–Crippen LogP) is 1.75. The number of nitrogens with zero attached hydrogens (tertiary/aromatic N) is 4. The molecule has 0 unspecified atom stereocenters. The van der Waals surface area contributed by atoms with Gasteiger partial charge < -0.3 is 14.2 Å². The highest BCUT2D eigenvalue weighted by Crippen LogP contribution is 2.31. The number of carbonyl (C=O) groups excluding carboxylic acids is 1. The van der Waals surface area contributed by atoms with Gasteiger partial charge in [-0.1, -0.05) is 0 Å². The lowest BCUT2D eigenvalue weighted by atomic mass is 9.96. The van der Waals surface area contributed by atoms with Crippen molar-refractivity contribution in [2.45, 2.75) is 25.9 Å². The molecule has 0 N–H and O–H groups in total. The average molecular weight is 360 g/mol. The van der Waals surface area contributed by atoms with E-state index in [9.17, 15) is 4.79 Å². The molecule has 25 heavy (non-hydrogen) atoms. The van der Waals surface area contributed by atoms with Crippen LogP contribution < -0.4 is 0 Å². The van der Waals surface area contributed by atoms with Crippen LogP contribution in [-0.2, 0) is 29.7 Å². The molecule has 4 heterocycles. The Morgan fingerprint density at radius 1 is 1.40 bits per heavy atom. The molecular weight excluding hydrogens is 336 g/mol. The number of amides is 1. The number of hydrogen-bond donors (Lipinski definition) is 0. The SMILES string of the molecule is Cc1ccsc1CN1Cc2ncn(C)c2[C@@H](C(=O)N2CCOCC2)C1. The molecule has 0 saturated carbocycles. The van der Waals surface area contributed by atoms with Crippen LogP contribution in [0.15, 0.2) is 17.8 Å². The number of thiophene rings is 1. The molecule has 0 aliphatic carbocycles. The lowest BCUT2D eigenvalue weighted by Gasteiger charge is -2.36. The zero-order valence-corrected chi connectivity index (χ0v) is 15.6. The van der Waals surface area contributed by atoms with Gasteiger partial charge in [-0.3, -0.25) is 9.69 Å². The third-order valence-electron chi connectivity index (χ3n) is 5.16. The van der Waals surface area contributed by atoms with Gasteiger partial charge in [-0.2, -0.15) is 0 Å². The molecule has 0 aromatic carbocycles. The van der Waals surface area contributed by atoms with Crippen molar-refractivity contribution in [3.63, 3.8) is 0 Å². The Kier molecular flexibility index (Phi) is 4.62. The minimum Gasteiger partial charge on any atom is -0.378 e. The molecule has 1 fully saturated rings. The topological polar surface area (TPSA) is 50.6 Å². The number of ether oxygens (including phenoxy) is 1. The van der Waals surface area contributed by atoms with Crippen molar-refractivity contribution in [3.05, 3.63) is 39.6 Å². The van der Waals surface area contributed by atoms with Crippen LogP contribution in [0.3, 0.4) is 0 Å². The normalized spacial score (nSPS) is 21.4. The summed E-state index contributed by atoms with van der Waals surface area (Å²) in [5, 5.41) is 2.14. The van der Waals surface area contributed by atoms with Crippen LogP contribution in [0.25, 0.3) is 0 Å². The largest absolute Gasteiger partial charge is 0.378 e. The molecule has 7 heteroatoms. The van der Waals surface area contributed by atoms with Crippen LogP contribution in [0.2, 0.25) is 0 Å². The van der Waals surface area contributed by atoms with Gasteiger partial charge in [0.05, 0.1) is 36.8 Å². The van der Waals surface area contributed by atoms with E-state index in [1.54, 1.807) is 11.3 Å². The number of carbonyl (C=O) groups is 1. The second-order valence-corrected chi connectivity index (χ2v) is 7.87. The van der Waals surface area contributed by atoms with E-state index in [-0.39, 0.29) is 11.8 Å². The number of aryl methyl sites for hydroxylation is 2. The molecule has 0 spiro atoms. The average Bonchev–Trinajstić information content (AvgIpc) is 3.21. The van der Waals surface area contributed by atoms with Crippen molar-refractivity contribution < 1.29 is 9.53 Å². The van der Waals surface area contributed by atoms with Crippen molar-refractivity contribution in [2.75, 3.05) is 32.8 Å². The second kappa shape index (κ2) is 6.90. The number of aromatic nitrogens is 2. The van der Waals surface area contributed by atoms with Crippen LogP contribution >= 0.6 is 11.3 Å². The number of imidazole rings is 1. The van der Waals surface area contributed by atoms with Gasteiger partial charge in [-0.15, -0.1) is 11.3 Å². The number of hydrogen-bond acceptors (Lipinski definition) is 5. The molecule has 2 aliphatic heterocycles. The van der Waals surface area contributed by atoms with Crippen molar-refractivity contribution >= 4 is 17.2 Å². The van der Waals surface area contributed by atoms with Crippen LogP contribution in [0.5, 0.6) is 0 Å². The highest BCUT2D eigenvalue weighted by molar-refractivity contribution is 7.10. The van der Waals surface area contributed by atoms with Crippen molar-refractivity contribution in [1.29, 1.82) is 0 Å². The Labute approximate surface area is 152 Å². The van der Waals surface area contributed by atoms with E-state index in [0.717, 1.165) is 31.0 Å². The number of fused-ring (bicyclic) bond motifs is 1. The minimum absolute atomic E-state index is 0.144. The maximum absolute atomic E-state index is 13.2. The molecule has 1 atom stereocenters. The lowest BCUT2D eigenvalue weighted by Crippen LogP contribution is -2.47. The van der Waals surface area contributed by atoms with E-state index in [0.29, 0.717) is 26.3 Å². The summed E-state index contributed by atoms with van der Waals surface area (Å²) in [6.45, 7) is 7.23. The summed E-state index contributed by atoms with van der Waals surface area (Å²) in [4.78, 5) is 23.4. The fourth-order valence-corrected chi connectivity index (χ4v) is 4.71. The van der Waals surface area contributed by atoms with Gasteiger partial charge in [-0.25, -0.2) is 4.98 Å². The number of morpholine rings is 1. The fourth-order valence-electron chi connectivity index (χ4n) is 3.77. The smallest absolute Gasteiger partial charge is 0.233 e. The fraction of sp³-hybridized carbons (Fsp3) is 0.556. The molecule has 1 saturated heterocycles. The van der Waals surface area contributed by atoms with E-state index in [1.807, 2.05) is 22.8 Å². The highest BCUT2D eigenvalue weighted by atomic mass is 32.1. The third-order valence-corrected chi connectivity index (χ3v) is 6.17. The van der Waals surface area contributed by atoms with Gasteiger partial charge in [0, 0.05) is 44.6 Å². The van der Waals surface area contributed by atoms with Gasteiger partial charge in [0.1, 0.15) is 0 Å². The first kappa shape index (κ1) is 16.8. The maximum atomic E-state index is 13.2. The molecule has 6 nitrogen and oxygen atoms in total. The molecule has 2 aromatic rings. The zero-order chi connectivity index (χ0) is 17.4. The summed E-state index contributed by atoms with van der Waals surface area (Å²) in [6.07, 6.45) is 1.84. The third kappa shape index (κ3) is 3.23. The lowest BCUT2D eigenvalue weighted by molar-refractivity contribution is -0.138. The Morgan fingerprint density at radius 2 is 2.20 bits per heavy atom. The van der Waals surface area contributed by atoms with E-state index in [2.05, 4.69) is 28.3 Å². The molecule has 0 radical (unpaired) electrons. The first-order valence-corrected chi connectivity index (χ1v) is 9.63. The van der Waals surface area contributed by atoms with E-state index in [1.165, 1.54) is 10.4 Å². The van der Waals surface area contributed by atoms with Crippen molar-refractivity contribution in [3.8, 4) is 0 Å². The van der Waals surface area contributed by atoms with Crippen LogP contribution in [0, 0.1) is 6.92 Å². The van der Waals surface area contributed by atoms with Gasteiger partial charge in [0.15, 0.2) is 0 Å². The van der Waals surface area contributed by atoms with Gasteiger partial charge in [0.25, 0.3) is 0 Å². The minimum atomic E-state index is -0.144. The molecule has 134 valence electrons. The Hall–Kier alpha value is -1.70. The second-order valence-electron chi connectivity index (χ2n) is 6.87. The monoisotopic (exact) mass is 360 g/mol. The molecule has 2 aromatic heterocycles. The molecule has 4 rings (SSSR count). The summed E-state index contributed by atoms with van der Waals surface area (Å²) in [7, 11) is 1.99. The first-order valence-electron chi connectivity index (χ1n) is 8.75. The molecule has 2 aliphatic rings. The van der Waals surface area contributed by atoms with E-state index in [4.69, 9.17) is 4.74 Å². The number of rotatable bonds is 3. The van der Waals surface area contributed by atoms with E-state index < -0.39 is 0 Å². The summed E-state index contributed by atoms with van der Waals surface area (Å²) in [5.74, 6) is 0.0652.